The van der Waals surface area contributed by atoms with Crippen LogP contribution in [-0.2, 0) is 4.79 Å². The predicted molar refractivity (Wildman–Crippen MR) is 81.0 cm³/mol. The zero-order valence-electron chi connectivity index (χ0n) is 11.7. The van der Waals surface area contributed by atoms with Crippen LogP contribution in [0.5, 0.6) is 0 Å². The average molecular weight is 318 g/mol. The van der Waals surface area contributed by atoms with E-state index in [1.807, 2.05) is 0 Å². The molecule has 1 atom stereocenters. The van der Waals surface area contributed by atoms with Crippen molar-refractivity contribution in [1.29, 1.82) is 0 Å². The molecule has 0 aromatic heterocycles. The van der Waals surface area contributed by atoms with Crippen molar-refractivity contribution < 1.29 is 4.79 Å². The summed E-state index contributed by atoms with van der Waals surface area (Å²) in [5, 5.41) is 4.13. The van der Waals surface area contributed by atoms with E-state index in [2.05, 4.69) is 28.2 Å². The molecule has 106 valence electrons. The van der Waals surface area contributed by atoms with Crippen molar-refractivity contribution >= 4 is 21.8 Å². The van der Waals surface area contributed by atoms with Crippen molar-refractivity contribution in [2.45, 2.75) is 64.7 Å². The van der Waals surface area contributed by atoms with Crippen molar-refractivity contribution in [1.82, 2.24) is 5.32 Å². The number of hydrogen-bond acceptors (Lipinski definition) is 1. The van der Waals surface area contributed by atoms with Crippen LogP contribution in [0.1, 0.15) is 64.7 Å². The van der Waals surface area contributed by atoms with Crippen molar-refractivity contribution in [3.63, 3.8) is 0 Å². The lowest BCUT2D eigenvalue weighted by Crippen LogP contribution is -2.29. The minimum Gasteiger partial charge on any atom is -0.356 e. The zero-order valence-corrected chi connectivity index (χ0v) is 13.3. The minimum atomic E-state index is 0.258. The van der Waals surface area contributed by atoms with E-state index >= 15 is 0 Å². The van der Waals surface area contributed by atoms with Crippen LogP contribution in [0.3, 0.4) is 0 Å². The van der Waals surface area contributed by atoms with Crippen LogP contribution in [0.2, 0.25) is 0 Å². The lowest BCUT2D eigenvalue weighted by molar-refractivity contribution is -0.121. The van der Waals surface area contributed by atoms with Crippen molar-refractivity contribution in [2.75, 3.05) is 11.9 Å². The first kappa shape index (κ1) is 16.0. The molecule has 18 heavy (non-hydrogen) atoms. The normalized spacial score (nSPS) is 18.6. The van der Waals surface area contributed by atoms with Crippen LogP contribution in [0.4, 0.5) is 0 Å². The van der Waals surface area contributed by atoms with E-state index in [-0.39, 0.29) is 5.91 Å². The quantitative estimate of drug-likeness (QED) is 0.665. The highest BCUT2D eigenvalue weighted by Gasteiger charge is 2.15. The molecule has 0 heterocycles. The number of carbonyl (C=O) groups is 1. The summed E-state index contributed by atoms with van der Waals surface area (Å²) in [5.41, 5.74) is 0. The van der Waals surface area contributed by atoms with E-state index < -0.39 is 0 Å². The maximum atomic E-state index is 11.8. The van der Waals surface area contributed by atoms with Crippen molar-refractivity contribution in [3.8, 4) is 0 Å². The molecule has 1 amide bonds. The van der Waals surface area contributed by atoms with E-state index in [1.54, 1.807) is 0 Å². The third kappa shape index (κ3) is 6.77. The van der Waals surface area contributed by atoms with Gasteiger partial charge in [0.2, 0.25) is 5.91 Å². The Balaban J connectivity index is 2.08. The smallest absolute Gasteiger partial charge is 0.220 e. The fourth-order valence-electron chi connectivity index (χ4n) is 2.76. The second-order valence-corrected chi connectivity index (χ2v) is 6.39. The van der Waals surface area contributed by atoms with E-state index in [0.29, 0.717) is 5.92 Å². The fourth-order valence-corrected chi connectivity index (χ4v) is 3.41. The van der Waals surface area contributed by atoms with Crippen molar-refractivity contribution in [2.24, 2.45) is 11.8 Å². The first-order valence-corrected chi connectivity index (χ1v) is 8.71. The van der Waals surface area contributed by atoms with E-state index in [9.17, 15) is 4.79 Å². The Morgan fingerprint density at radius 1 is 1.33 bits per heavy atom. The minimum absolute atomic E-state index is 0.258. The van der Waals surface area contributed by atoms with Gasteiger partial charge in [-0.3, -0.25) is 4.79 Å². The maximum absolute atomic E-state index is 11.8. The average Bonchev–Trinajstić information content (AvgIpc) is 2.42. The third-order valence-electron chi connectivity index (χ3n) is 4.19. The van der Waals surface area contributed by atoms with Crippen LogP contribution >= 0.6 is 15.9 Å². The molecule has 1 saturated carbocycles. The molecule has 1 N–H and O–H groups in total. The number of alkyl halides is 1. The van der Waals surface area contributed by atoms with Crippen LogP contribution in [0.15, 0.2) is 0 Å². The molecule has 1 aliphatic carbocycles. The number of hydrogen-bond donors (Lipinski definition) is 1. The Hall–Kier alpha value is -0.0500. The molecule has 0 radical (unpaired) electrons. The van der Waals surface area contributed by atoms with Crippen LogP contribution in [0, 0.1) is 11.8 Å². The largest absolute Gasteiger partial charge is 0.356 e. The molecule has 2 nitrogen and oxygen atoms in total. The molecule has 1 unspecified atom stereocenters. The summed E-state index contributed by atoms with van der Waals surface area (Å²) in [6, 6.07) is 0. The molecule has 3 heteroatoms. The first-order chi connectivity index (χ1) is 8.76. The van der Waals surface area contributed by atoms with Gasteiger partial charge in [0.25, 0.3) is 0 Å². The SMILES string of the molecule is CCC(CCBr)CNC(=O)CCC1CCCCC1. The Morgan fingerprint density at radius 3 is 2.67 bits per heavy atom. The molecule has 0 aliphatic heterocycles. The molecule has 1 rings (SSSR count). The van der Waals surface area contributed by atoms with Gasteiger partial charge in [-0.1, -0.05) is 61.4 Å². The zero-order chi connectivity index (χ0) is 13.2. The Labute approximate surface area is 120 Å². The lowest BCUT2D eigenvalue weighted by Gasteiger charge is -2.21. The Morgan fingerprint density at radius 2 is 2.06 bits per heavy atom. The van der Waals surface area contributed by atoms with Gasteiger partial charge >= 0.3 is 0 Å². The van der Waals surface area contributed by atoms with Gasteiger partial charge in [0, 0.05) is 18.3 Å². The van der Waals surface area contributed by atoms with Crippen LogP contribution < -0.4 is 5.32 Å². The molecular weight excluding hydrogens is 290 g/mol. The summed E-state index contributed by atoms with van der Waals surface area (Å²) in [5.74, 6) is 1.70. The molecule has 1 fully saturated rings. The lowest BCUT2D eigenvalue weighted by atomic mass is 9.86. The van der Waals surface area contributed by atoms with Gasteiger partial charge in [-0.25, -0.2) is 0 Å². The number of nitrogens with one attached hydrogen (secondary N) is 1. The summed E-state index contributed by atoms with van der Waals surface area (Å²) < 4.78 is 0. The van der Waals surface area contributed by atoms with Gasteiger partial charge < -0.3 is 5.32 Å². The van der Waals surface area contributed by atoms with E-state index in [0.717, 1.165) is 43.5 Å². The molecule has 1 aliphatic rings. The second-order valence-electron chi connectivity index (χ2n) is 5.60. The molecule has 0 aromatic rings. The molecule has 0 saturated heterocycles. The van der Waals surface area contributed by atoms with E-state index in [1.165, 1.54) is 32.1 Å². The summed E-state index contributed by atoms with van der Waals surface area (Å²) in [7, 11) is 0. The number of carbonyl (C=O) groups excluding carboxylic acids is 1. The third-order valence-corrected chi connectivity index (χ3v) is 4.64. The summed E-state index contributed by atoms with van der Waals surface area (Å²) in [6.07, 6.45) is 11.0. The highest BCUT2D eigenvalue weighted by Crippen LogP contribution is 2.27. The summed E-state index contributed by atoms with van der Waals surface area (Å²) in [6.45, 7) is 3.05. The van der Waals surface area contributed by atoms with Gasteiger partial charge in [0.15, 0.2) is 0 Å². The number of rotatable bonds is 8. The summed E-state index contributed by atoms with van der Waals surface area (Å²) >= 11 is 3.47. The van der Waals surface area contributed by atoms with Crippen LogP contribution in [-0.4, -0.2) is 17.8 Å². The maximum Gasteiger partial charge on any atom is 0.220 e. The molecule has 0 bridgehead atoms. The number of halogens is 1. The summed E-state index contributed by atoms with van der Waals surface area (Å²) in [4.78, 5) is 11.8. The molecule has 0 spiro atoms. The highest BCUT2D eigenvalue weighted by molar-refractivity contribution is 9.09. The molecule has 0 aromatic carbocycles. The monoisotopic (exact) mass is 317 g/mol. The first-order valence-electron chi connectivity index (χ1n) is 7.59. The van der Waals surface area contributed by atoms with E-state index in [4.69, 9.17) is 0 Å². The van der Waals surface area contributed by atoms with Gasteiger partial charge in [0.1, 0.15) is 0 Å². The fraction of sp³-hybridized carbons (Fsp3) is 0.933. The van der Waals surface area contributed by atoms with Gasteiger partial charge in [-0.2, -0.15) is 0 Å². The Bertz CT molecular complexity index is 216. The topological polar surface area (TPSA) is 29.1 Å². The predicted octanol–water partition coefficient (Wildman–Crippen LogP) is 4.27. The van der Waals surface area contributed by atoms with Crippen LogP contribution in [0.25, 0.3) is 0 Å². The van der Waals surface area contributed by atoms with Gasteiger partial charge in [-0.05, 0) is 24.7 Å². The Kier molecular flexibility index (Phi) is 8.74. The molecular formula is C15H28BrNO. The highest BCUT2D eigenvalue weighted by atomic mass is 79.9. The van der Waals surface area contributed by atoms with Gasteiger partial charge in [-0.15, -0.1) is 0 Å². The van der Waals surface area contributed by atoms with Gasteiger partial charge in [0.05, 0.1) is 0 Å². The standard InChI is InChI=1S/C15H28BrNO/c1-2-13(10-11-16)12-17-15(18)9-8-14-6-4-3-5-7-14/h13-14H,2-12H2,1H3,(H,17,18). The number of amides is 1. The van der Waals surface area contributed by atoms with Crippen molar-refractivity contribution in [3.05, 3.63) is 0 Å². The second kappa shape index (κ2) is 9.82.